The Hall–Kier alpha value is -1.42. The summed E-state index contributed by atoms with van der Waals surface area (Å²) in [7, 11) is 0. The van der Waals surface area contributed by atoms with E-state index in [4.69, 9.17) is 0 Å². The summed E-state index contributed by atoms with van der Waals surface area (Å²) >= 11 is 0. The lowest BCUT2D eigenvalue weighted by atomic mass is 9.55. The molecule has 0 amide bonds. The van der Waals surface area contributed by atoms with Gasteiger partial charge < -0.3 is 10.2 Å². The Labute approximate surface area is 129 Å². The molecule has 1 aromatic carbocycles. The molecule has 0 heterocycles. The predicted octanol–water partition coefficient (Wildman–Crippen LogP) is 2.82. The van der Waals surface area contributed by atoms with Gasteiger partial charge in [0, 0.05) is 5.41 Å². The van der Waals surface area contributed by atoms with Gasteiger partial charge in [-0.25, -0.2) is 4.39 Å². The number of carboxylic acids is 1. The second-order valence-corrected chi connectivity index (χ2v) is 7.39. The number of aliphatic carboxylic acids is 1. The standard InChI is InChI=1S/C18H21FO3/c19-14-3-1-12(2-4-14)18(16(9-20)17(21)22)13-6-10-5-11(8-13)15(18)7-10/h1-4,10-11,13,15-16,20H,5-9H2,(H,21,22)/t10-,11?,13?,15?,16?,18?/m1/s1. The SMILES string of the molecule is O=C(O)C(CO)C1(c2ccc(F)cc2)C2CC3C[C@H](C2)CC31. The molecule has 4 aliphatic carbocycles. The van der Waals surface area contributed by atoms with Gasteiger partial charge >= 0.3 is 5.97 Å². The van der Waals surface area contributed by atoms with Gasteiger partial charge in [0.05, 0.1) is 12.5 Å². The molecule has 4 heteroatoms. The van der Waals surface area contributed by atoms with Crippen LogP contribution in [0, 0.1) is 35.4 Å². The second kappa shape index (κ2) is 4.79. The Balaban J connectivity index is 1.89. The average molecular weight is 304 g/mol. The number of hydrogen-bond acceptors (Lipinski definition) is 2. The molecule has 4 fully saturated rings. The molecule has 0 radical (unpaired) electrons. The van der Waals surface area contributed by atoms with E-state index in [1.807, 2.05) is 0 Å². The van der Waals surface area contributed by atoms with Crippen LogP contribution in [0.3, 0.4) is 0 Å². The highest BCUT2D eigenvalue weighted by atomic mass is 19.1. The van der Waals surface area contributed by atoms with E-state index in [0.717, 1.165) is 30.7 Å². The van der Waals surface area contributed by atoms with Crippen LogP contribution in [-0.2, 0) is 10.2 Å². The van der Waals surface area contributed by atoms with E-state index in [1.165, 1.54) is 18.6 Å². The lowest BCUT2D eigenvalue weighted by Crippen LogP contribution is -2.51. The minimum Gasteiger partial charge on any atom is -0.481 e. The number of hydrogen-bond donors (Lipinski definition) is 2. The number of aliphatic hydroxyl groups excluding tert-OH is 1. The Kier molecular flexibility index (Phi) is 3.09. The van der Waals surface area contributed by atoms with Gasteiger partial charge in [0.25, 0.3) is 0 Å². The second-order valence-electron chi connectivity index (χ2n) is 7.39. The van der Waals surface area contributed by atoms with Crippen molar-refractivity contribution < 1.29 is 19.4 Å². The number of halogens is 1. The van der Waals surface area contributed by atoms with E-state index in [1.54, 1.807) is 12.1 Å². The number of carbonyl (C=O) groups is 1. The molecule has 0 saturated heterocycles. The quantitative estimate of drug-likeness (QED) is 0.899. The molecule has 0 aliphatic heterocycles. The molecule has 2 N–H and O–H groups in total. The van der Waals surface area contributed by atoms with E-state index in [0.29, 0.717) is 17.8 Å². The van der Waals surface area contributed by atoms with Crippen molar-refractivity contribution in [3.8, 4) is 0 Å². The Bertz CT molecular complexity index is 595. The van der Waals surface area contributed by atoms with Gasteiger partial charge in [0.15, 0.2) is 0 Å². The van der Waals surface area contributed by atoms with Gasteiger partial charge in [-0.3, -0.25) is 4.79 Å². The molecular formula is C18H21FO3. The normalized spacial score (nSPS) is 40.1. The Morgan fingerprint density at radius 3 is 2.55 bits per heavy atom. The summed E-state index contributed by atoms with van der Waals surface area (Å²) in [6, 6.07) is 6.33. The molecule has 3 nitrogen and oxygen atoms in total. The van der Waals surface area contributed by atoms with E-state index in [-0.39, 0.29) is 12.4 Å². The average Bonchev–Trinajstić information content (AvgIpc) is 2.89. The fourth-order valence-corrected chi connectivity index (χ4v) is 6.20. The van der Waals surface area contributed by atoms with Crippen LogP contribution in [0.2, 0.25) is 0 Å². The van der Waals surface area contributed by atoms with Crippen LogP contribution in [-0.4, -0.2) is 22.8 Å². The first-order valence-corrected chi connectivity index (χ1v) is 8.17. The van der Waals surface area contributed by atoms with E-state index in [2.05, 4.69) is 0 Å². The van der Waals surface area contributed by atoms with Gasteiger partial charge in [0.2, 0.25) is 0 Å². The van der Waals surface area contributed by atoms with Gasteiger partial charge in [0.1, 0.15) is 5.82 Å². The summed E-state index contributed by atoms with van der Waals surface area (Å²) in [5.41, 5.74) is 0.388. The van der Waals surface area contributed by atoms with Crippen LogP contribution in [0.4, 0.5) is 4.39 Å². The first-order valence-electron chi connectivity index (χ1n) is 8.17. The van der Waals surface area contributed by atoms with Crippen LogP contribution < -0.4 is 0 Å². The van der Waals surface area contributed by atoms with Crippen molar-refractivity contribution in [2.75, 3.05) is 6.61 Å². The van der Waals surface area contributed by atoms with Crippen molar-refractivity contribution in [1.29, 1.82) is 0 Å². The van der Waals surface area contributed by atoms with Gasteiger partial charge in [-0.15, -0.1) is 0 Å². The highest BCUT2D eigenvalue weighted by Crippen LogP contribution is 2.69. The number of carboxylic acid groups (broad SMARTS) is 1. The maximum atomic E-state index is 13.3. The highest BCUT2D eigenvalue weighted by molar-refractivity contribution is 5.73. The maximum absolute atomic E-state index is 13.3. The highest BCUT2D eigenvalue weighted by Gasteiger charge is 2.66. The van der Waals surface area contributed by atoms with Crippen molar-refractivity contribution in [3.05, 3.63) is 35.6 Å². The summed E-state index contributed by atoms with van der Waals surface area (Å²) in [4.78, 5) is 11.9. The van der Waals surface area contributed by atoms with Crippen LogP contribution in [0.1, 0.15) is 31.2 Å². The van der Waals surface area contributed by atoms with E-state index in [9.17, 15) is 19.4 Å². The van der Waals surface area contributed by atoms with Crippen molar-refractivity contribution in [2.24, 2.45) is 29.6 Å². The number of benzene rings is 1. The van der Waals surface area contributed by atoms with Gasteiger partial charge in [-0.2, -0.15) is 0 Å². The van der Waals surface area contributed by atoms with Crippen LogP contribution in [0.5, 0.6) is 0 Å². The van der Waals surface area contributed by atoms with Crippen molar-refractivity contribution in [1.82, 2.24) is 0 Å². The predicted molar refractivity (Wildman–Crippen MR) is 78.7 cm³/mol. The van der Waals surface area contributed by atoms with E-state index < -0.39 is 17.3 Å². The third kappa shape index (κ3) is 1.67. The monoisotopic (exact) mass is 304 g/mol. The van der Waals surface area contributed by atoms with Crippen molar-refractivity contribution in [2.45, 2.75) is 31.1 Å². The zero-order valence-electron chi connectivity index (χ0n) is 12.4. The zero-order chi connectivity index (χ0) is 15.5. The zero-order valence-corrected chi connectivity index (χ0v) is 12.4. The molecule has 0 aromatic heterocycles. The lowest BCUT2D eigenvalue weighted by molar-refractivity contribution is -0.149. The van der Waals surface area contributed by atoms with Gasteiger partial charge in [-0.1, -0.05) is 12.1 Å². The third-order valence-electron chi connectivity index (χ3n) is 6.69. The van der Waals surface area contributed by atoms with E-state index >= 15 is 0 Å². The largest absolute Gasteiger partial charge is 0.481 e. The Morgan fingerprint density at radius 1 is 1.23 bits per heavy atom. The molecule has 4 bridgehead atoms. The molecule has 0 spiro atoms. The minimum absolute atomic E-state index is 0.300. The van der Waals surface area contributed by atoms with Crippen molar-refractivity contribution in [3.63, 3.8) is 0 Å². The summed E-state index contributed by atoms with van der Waals surface area (Å²) in [5.74, 6) is -0.122. The molecule has 4 saturated carbocycles. The third-order valence-corrected chi connectivity index (χ3v) is 6.69. The molecule has 4 aliphatic rings. The fraction of sp³-hybridized carbons (Fsp3) is 0.611. The fourth-order valence-electron chi connectivity index (χ4n) is 6.20. The summed E-state index contributed by atoms with van der Waals surface area (Å²) in [6.45, 7) is -0.350. The Morgan fingerprint density at radius 2 is 1.95 bits per heavy atom. The van der Waals surface area contributed by atoms with Crippen LogP contribution in [0.15, 0.2) is 24.3 Å². The molecule has 6 atom stereocenters. The van der Waals surface area contributed by atoms with Crippen molar-refractivity contribution >= 4 is 5.97 Å². The van der Waals surface area contributed by atoms with Crippen LogP contribution in [0.25, 0.3) is 0 Å². The number of aliphatic hydroxyl groups is 1. The first kappa shape index (κ1) is 14.2. The molecule has 22 heavy (non-hydrogen) atoms. The first-order chi connectivity index (χ1) is 10.6. The maximum Gasteiger partial charge on any atom is 0.309 e. The topological polar surface area (TPSA) is 57.5 Å². The molecule has 1 aromatic rings. The number of rotatable bonds is 4. The van der Waals surface area contributed by atoms with Crippen LogP contribution >= 0.6 is 0 Å². The molecule has 5 rings (SSSR count). The minimum atomic E-state index is -0.928. The summed E-state index contributed by atoms with van der Waals surface area (Å²) < 4.78 is 13.3. The van der Waals surface area contributed by atoms with Gasteiger partial charge in [-0.05, 0) is 67.1 Å². The smallest absolute Gasteiger partial charge is 0.309 e. The molecular weight excluding hydrogens is 283 g/mol. The molecule has 118 valence electrons. The summed E-state index contributed by atoms with van der Waals surface area (Å²) in [5, 5.41) is 19.6. The lowest BCUT2D eigenvalue weighted by Gasteiger charge is -2.48. The molecule has 5 unspecified atom stereocenters. The summed E-state index contributed by atoms with van der Waals surface area (Å²) in [6.07, 6.45) is 4.36.